The Balaban J connectivity index is 1.73. The van der Waals surface area contributed by atoms with Gasteiger partial charge in [0.25, 0.3) is 0 Å². The van der Waals surface area contributed by atoms with Crippen LogP contribution in [-0.2, 0) is 11.2 Å². The van der Waals surface area contributed by atoms with Gasteiger partial charge in [-0.05, 0) is 35.9 Å². The molecule has 0 radical (unpaired) electrons. The number of benzene rings is 2. The Morgan fingerprint density at radius 2 is 1.78 bits per heavy atom. The lowest BCUT2D eigenvalue weighted by Gasteiger charge is -2.12. The van der Waals surface area contributed by atoms with Crippen LogP contribution in [0.15, 0.2) is 66.9 Å². The molecule has 0 saturated carbocycles. The minimum Gasteiger partial charge on any atom is -0.403 e. The standard InChI is InChI=1S/C22H14F5N3O2/c23-15-7-9-18-28-21(29-19(31)10-13-4-2-1-3-5-13)20(30(18)12-15)14-6-8-17(16(24)11-14)32-22(25,26)27/h1-9,11-12H,10H2,(H,29,31). The van der Waals surface area contributed by atoms with Crippen LogP contribution in [0.5, 0.6) is 5.75 Å². The van der Waals surface area contributed by atoms with E-state index in [4.69, 9.17) is 0 Å². The normalized spacial score (nSPS) is 11.5. The number of carbonyl (C=O) groups excluding carboxylic acids is 1. The van der Waals surface area contributed by atoms with Crippen molar-refractivity contribution >= 4 is 17.4 Å². The summed E-state index contributed by atoms with van der Waals surface area (Å²) in [6, 6.07) is 14.1. The van der Waals surface area contributed by atoms with Crippen molar-refractivity contribution in [2.75, 3.05) is 5.32 Å². The predicted molar refractivity (Wildman–Crippen MR) is 106 cm³/mol. The van der Waals surface area contributed by atoms with Gasteiger partial charge in [-0.2, -0.15) is 0 Å². The quantitative estimate of drug-likeness (QED) is 0.419. The maximum absolute atomic E-state index is 14.3. The fraction of sp³-hybridized carbons (Fsp3) is 0.0909. The molecular formula is C22H14F5N3O2. The molecule has 1 N–H and O–H groups in total. The van der Waals surface area contributed by atoms with Crippen molar-refractivity contribution in [1.82, 2.24) is 9.38 Å². The first-order valence-corrected chi connectivity index (χ1v) is 9.27. The number of carbonyl (C=O) groups is 1. The Morgan fingerprint density at radius 3 is 2.47 bits per heavy atom. The molecule has 2 aromatic carbocycles. The molecule has 0 spiro atoms. The second-order valence-electron chi connectivity index (χ2n) is 6.79. The number of aromatic nitrogens is 2. The molecule has 0 aliphatic rings. The summed E-state index contributed by atoms with van der Waals surface area (Å²) in [6.45, 7) is 0. The molecule has 0 fully saturated rings. The molecule has 0 bridgehead atoms. The molecule has 0 saturated heterocycles. The van der Waals surface area contributed by atoms with E-state index in [0.29, 0.717) is 0 Å². The molecule has 164 valence electrons. The van der Waals surface area contributed by atoms with Crippen molar-refractivity contribution in [2.24, 2.45) is 0 Å². The zero-order valence-corrected chi connectivity index (χ0v) is 16.2. The summed E-state index contributed by atoms with van der Waals surface area (Å²) in [6.07, 6.45) is -3.97. The largest absolute Gasteiger partial charge is 0.573 e. The molecule has 2 aromatic heterocycles. The van der Waals surface area contributed by atoms with Crippen LogP contribution >= 0.6 is 0 Å². The van der Waals surface area contributed by atoms with Gasteiger partial charge in [-0.3, -0.25) is 9.20 Å². The van der Waals surface area contributed by atoms with Gasteiger partial charge < -0.3 is 10.1 Å². The van der Waals surface area contributed by atoms with Crippen LogP contribution in [0.3, 0.4) is 0 Å². The summed E-state index contributed by atoms with van der Waals surface area (Å²) in [5.41, 5.74) is 1.14. The van der Waals surface area contributed by atoms with Crippen molar-refractivity contribution < 1.29 is 31.5 Å². The maximum atomic E-state index is 14.3. The molecule has 10 heteroatoms. The van der Waals surface area contributed by atoms with E-state index >= 15 is 0 Å². The number of nitrogens with one attached hydrogen (secondary N) is 1. The fourth-order valence-electron chi connectivity index (χ4n) is 3.19. The molecule has 4 rings (SSSR count). The highest BCUT2D eigenvalue weighted by atomic mass is 19.4. The number of hydrogen-bond donors (Lipinski definition) is 1. The van der Waals surface area contributed by atoms with E-state index in [2.05, 4.69) is 15.0 Å². The smallest absolute Gasteiger partial charge is 0.403 e. The first-order chi connectivity index (χ1) is 15.2. The van der Waals surface area contributed by atoms with E-state index in [-0.39, 0.29) is 29.1 Å². The van der Waals surface area contributed by atoms with E-state index in [0.717, 1.165) is 36.0 Å². The summed E-state index contributed by atoms with van der Waals surface area (Å²) in [4.78, 5) is 16.8. The van der Waals surface area contributed by atoms with Crippen molar-refractivity contribution in [3.63, 3.8) is 0 Å². The summed E-state index contributed by atoms with van der Waals surface area (Å²) in [5, 5.41) is 2.61. The zero-order chi connectivity index (χ0) is 22.9. The van der Waals surface area contributed by atoms with Crippen LogP contribution < -0.4 is 10.1 Å². The molecule has 32 heavy (non-hydrogen) atoms. The molecule has 0 aliphatic heterocycles. The molecule has 0 unspecified atom stereocenters. The highest BCUT2D eigenvalue weighted by Crippen LogP contribution is 2.34. The van der Waals surface area contributed by atoms with Crippen LogP contribution in [0.2, 0.25) is 0 Å². The molecule has 5 nitrogen and oxygen atoms in total. The first-order valence-electron chi connectivity index (χ1n) is 9.27. The highest BCUT2D eigenvalue weighted by Gasteiger charge is 2.32. The topological polar surface area (TPSA) is 55.6 Å². The third-order valence-electron chi connectivity index (χ3n) is 4.48. The lowest BCUT2D eigenvalue weighted by atomic mass is 10.1. The summed E-state index contributed by atoms with van der Waals surface area (Å²) >= 11 is 0. The fourth-order valence-corrected chi connectivity index (χ4v) is 3.19. The third kappa shape index (κ3) is 4.69. The van der Waals surface area contributed by atoms with Gasteiger partial charge in [-0.15, -0.1) is 13.2 Å². The molecule has 4 aromatic rings. The molecule has 0 atom stereocenters. The van der Waals surface area contributed by atoms with Gasteiger partial charge in [0, 0.05) is 11.8 Å². The van der Waals surface area contributed by atoms with E-state index in [1.165, 1.54) is 10.5 Å². The van der Waals surface area contributed by atoms with Crippen molar-refractivity contribution in [2.45, 2.75) is 12.8 Å². The Hall–Kier alpha value is -3.95. The molecule has 1 amide bonds. The number of fused-ring (bicyclic) bond motifs is 1. The second kappa shape index (κ2) is 8.29. The van der Waals surface area contributed by atoms with E-state index in [1.807, 2.05) is 0 Å². The zero-order valence-electron chi connectivity index (χ0n) is 16.2. The summed E-state index contributed by atoms with van der Waals surface area (Å²) in [7, 11) is 0. The lowest BCUT2D eigenvalue weighted by molar-refractivity contribution is -0.275. The van der Waals surface area contributed by atoms with E-state index in [9.17, 15) is 26.7 Å². The van der Waals surface area contributed by atoms with E-state index in [1.54, 1.807) is 30.3 Å². The van der Waals surface area contributed by atoms with Gasteiger partial charge >= 0.3 is 6.36 Å². The van der Waals surface area contributed by atoms with Gasteiger partial charge in [-0.25, -0.2) is 13.8 Å². The van der Waals surface area contributed by atoms with Crippen LogP contribution in [0.1, 0.15) is 5.56 Å². The number of hydrogen-bond acceptors (Lipinski definition) is 3. The van der Waals surface area contributed by atoms with Gasteiger partial charge in [0.1, 0.15) is 11.5 Å². The van der Waals surface area contributed by atoms with Crippen molar-refractivity contribution in [1.29, 1.82) is 0 Å². The number of rotatable bonds is 5. The number of halogens is 5. The van der Waals surface area contributed by atoms with Gasteiger partial charge in [0.2, 0.25) is 5.91 Å². The average molecular weight is 447 g/mol. The number of alkyl halides is 3. The van der Waals surface area contributed by atoms with Gasteiger partial charge in [-0.1, -0.05) is 30.3 Å². The van der Waals surface area contributed by atoms with E-state index < -0.39 is 29.7 Å². The monoisotopic (exact) mass is 447 g/mol. The average Bonchev–Trinajstić information content (AvgIpc) is 3.06. The predicted octanol–water partition coefficient (Wildman–Crippen LogP) is 5.36. The molecule has 0 aliphatic carbocycles. The number of pyridine rings is 1. The van der Waals surface area contributed by atoms with Crippen LogP contribution in [0.4, 0.5) is 27.8 Å². The number of nitrogens with zero attached hydrogens (tertiary/aromatic N) is 2. The van der Waals surface area contributed by atoms with Crippen LogP contribution in [0.25, 0.3) is 16.9 Å². The van der Waals surface area contributed by atoms with Crippen LogP contribution in [-0.4, -0.2) is 21.7 Å². The lowest BCUT2D eigenvalue weighted by Crippen LogP contribution is -2.18. The number of anilines is 1. The minimum absolute atomic E-state index is 0.000390. The SMILES string of the molecule is O=C(Cc1ccccc1)Nc1nc2ccc(F)cn2c1-c1ccc(OC(F)(F)F)c(F)c1. The highest BCUT2D eigenvalue weighted by molar-refractivity contribution is 5.95. The first kappa shape index (κ1) is 21.3. The Morgan fingerprint density at radius 1 is 1.03 bits per heavy atom. The summed E-state index contributed by atoms with van der Waals surface area (Å²) in [5.74, 6) is -3.36. The van der Waals surface area contributed by atoms with Crippen molar-refractivity contribution in [3.05, 3.63) is 84.1 Å². The third-order valence-corrected chi connectivity index (χ3v) is 4.48. The minimum atomic E-state index is -5.06. The number of ether oxygens (including phenoxy) is 1. The number of amides is 1. The van der Waals surface area contributed by atoms with Crippen LogP contribution in [0, 0.1) is 11.6 Å². The van der Waals surface area contributed by atoms with Gasteiger partial charge in [0.15, 0.2) is 17.4 Å². The Bertz CT molecular complexity index is 1290. The summed E-state index contributed by atoms with van der Waals surface area (Å²) < 4.78 is 70.4. The Kier molecular flexibility index (Phi) is 5.52. The second-order valence-corrected chi connectivity index (χ2v) is 6.79. The van der Waals surface area contributed by atoms with Gasteiger partial charge in [0.05, 0.1) is 12.1 Å². The number of imidazole rings is 1. The Labute approximate surface area is 178 Å². The van der Waals surface area contributed by atoms with Crippen molar-refractivity contribution in [3.8, 4) is 17.0 Å². The molecule has 2 heterocycles. The molecular weight excluding hydrogens is 433 g/mol. The maximum Gasteiger partial charge on any atom is 0.573 e.